The van der Waals surface area contributed by atoms with Crippen molar-refractivity contribution in [3.63, 3.8) is 0 Å². The van der Waals surface area contributed by atoms with Crippen LogP contribution in [0, 0.1) is 0 Å². The third-order valence-electron chi connectivity index (χ3n) is 5.87. The van der Waals surface area contributed by atoms with Gasteiger partial charge >= 0.3 is 0 Å². The maximum absolute atomic E-state index is 11.9. The number of aliphatic hydroxyl groups is 1. The smallest absolute Gasteiger partial charge is 0.119 e. The minimum atomic E-state index is -0.899. The van der Waals surface area contributed by atoms with Crippen LogP contribution in [0.5, 0.6) is 5.75 Å². The molecule has 0 radical (unpaired) electrons. The molecule has 1 heterocycles. The fourth-order valence-corrected chi connectivity index (χ4v) is 4.28. The van der Waals surface area contributed by atoms with Crippen molar-refractivity contribution < 1.29 is 9.84 Å². The molecule has 1 saturated heterocycles. The van der Waals surface area contributed by atoms with Crippen LogP contribution in [-0.4, -0.2) is 36.2 Å². The highest BCUT2D eigenvalue weighted by Gasteiger charge is 2.39. The van der Waals surface area contributed by atoms with Gasteiger partial charge in [0.25, 0.3) is 0 Å². The van der Waals surface area contributed by atoms with Gasteiger partial charge in [-0.15, -0.1) is 0 Å². The lowest BCUT2D eigenvalue weighted by Crippen LogP contribution is -2.42. The molecule has 27 heavy (non-hydrogen) atoms. The standard InChI is InChI=1S/C24H33NO2/c1-3-24(26,21-13-15-22(16-14-21)27-4-2)23(20-11-7-5-8-12-20)19-25-17-9-6-10-18-25/h5,7-8,11-16,23,26H,3-4,6,9-10,17-19H2,1-2H3/t23-,24-/m1/s1. The summed E-state index contributed by atoms with van der Waals surface area (Å²) in [5, 5.41) is 11.9. The quantitative estimate of drug-likeness (QED) is 0.716. The predicted octanol–water partition coefficient (Wildman–Crippen LogP) is 4.95. The van der Waals surface area contributed by atoms with E-state index in [1.54, 1.807) is 0 Å². The van der Waals surface area contributed by atoms with E-state index in [1.165, 1.54) is 24.8 Å². The summed E-state index contributed by atoms with van der Waals surface area (Å²) in [6, 6.07) is 18.5. The molecule has 146 valence electrons. The summed E-state index contributed by atoms with van der Waals surface area (Å²) in [7, 11) is 0. The lowest BCUT2D eigenvalue weighted by atomic mass is 9.75. The Morgan fingerprint density at radius 2 is 1.63 bits per heavy atom. The molecular formula is C24H33NO2. The molecular weight excluding hydrogens is 334 g/mol. The van der Waals surface area contributed by atoms with Crippen molar-refractivity contribution in [2.75, 3.05) is 26.2 Å². The molecule has 2 atom stereocenters. The second-order valence-corrected chi connectivity index (χ2v) is 7.56. The van der Waals surface area contributed by atoms with Gasteiger partial charge < -0.3 is 14.7 Å². The third-order valence-corrected chi connectivity index (χ3v) is 5.87. The molecule has 0 aromatic heterocycles. The lowest BCUT2D eigenvalue weighted by Gasteiger charge is -2.40. The van der Waals surface area contributed by atoms with E-state index in [2.05, 4.69) is 36.1 Å². The van der Waals surface area contributed by atoms with E-state index in [1.807, 2.05) is 37.3 Å². The van der Waals surface area contributed by atoms with Crippen molar-refractivity contribution in [3.05, 3.63) is 65.7 Å². The van der Waals surface area contributed by atoms with E-state index in [9.17, 15) is 5.11 Å². The fourth-order valence-electron chi connectivity index (χ4n) is 4.28. The minimum Gasteiger partial charge on any atom is -0.494 e. The topological polar surface area (TPSA) is 32.7 Å². The molecule has 3 heteroatoms. The van der Waals surface area contributed by atoms with Gasteiger partial charge in [0.05, 0.1) is 12.2 Å². The summed E-state index contributed by atoms with van der Waals surface area (Å²) in [4.78, 5) is 2.52. The Kier molecular flexibility index (Phi) is 6.92. The van der Waals surface area contributed by atoms with E-state index >= 15 is 0 Å². The first-order valence-corrected chi connectivity index (χ1v) is 10.4. The molecule has 1 aliphatic heterocycles. The molecule has 0 amide bonds. The Morgan fingerprint density at radius 1 is 0.963 bits per heavy atom. The summed E-state index contributed by atoms with van der Waals surface area (Å²) in [5.74, 6) is 0.895. The van der Waals surface area contributed by atoms with Gasteiger partial charge in [-0.25, -0.2) is 0 Å². The summed E-state index contributed by atoms with van der Waals surface area (Å²) in [6.07, 6.45) is 4.52. The summed E-state index contributed by atoms with van der Waals surface area (Å²) in [6.45, 7) is 7.88. The van der Waals surface area contributed by atoms with Crippen molar-refractivity contribution >= 4 is 0 Å². The van der Waals surface area contributed by atoms with E-state index < -0.39 is 5.60 Å². The third kappa shape index (κ3) is 4.72. The van der Waals surface area contributed by atoms with E-state index in [-0.39, 0.29) is 5.92 Å². The van der Waals surface area contributed by atoms with Crippen molar-refractivity contribution in [1.82, 2.24) is 4.90 Å². The molecule has 1 N–H and O–H groups in total. The Labute approximate surface area is 164 Å². The number of likely N-dealkylation sites (tertiary alicyclic amines) is 1. The molecule has 3 nitrogen and oxygen atoms in total. The molecule has 2 aromatic carbocycles. The Balaban J connectivity index is 1.93. The van der Waals surface area contributed by atoms with Crippen LogP contribution in [0.3, 0.4) is 0 Å². The first kappa shape index (κ1) is 19.9. The first-order valence-electron chi connectivity index (χ1n) is 10.4. The number of piperidine rings is 1. The van der Waals surface area contributed by atoms with Gasteiger partial charge in [0.2, 0.25) is 0 Å². The number of nitrogens with zero attached hydrogens (tertiary/aromatic N) is 1. The van der Waals surface area contributed by atoms with Gasteiger partial charge in [0.1, 0.15) is 5.75 Å². The number of rotatable bonds is 8. The van der Waals surface area contributed by atoms with Crippen LogP contribution in [0.25, 0.3) is 0 Å². The van der Waals surface area contributed by atoms with Crippen molar-refractivity contribution in [3.8, 4) is 5.75 Å². The van der Waals surface area contributed by atoms with Gasteiger partial charge in [-0.3, -0.25) is 0 Å². The van der Waals surface area contributed by atoms with Crippen LogP contribution in [-0.2, 0) is 5.60 Å². The van der Waals surface area contributed by atoms with Gasteiger partial charge in [-0.2, -0.15) is 0 Å². The minimum absolute atomic E-state index is 0.0414. The van der Waals surface area contributed by atoms with Crippen LogP contribution in [0.2, 0.25) is 0 Å². The summed E-state index contributed by atoms with van der Waals surface area (Å²) < 4.78 is 5.58. The number of ether oxygens (including phenoxy) is 1. The van der Waals surface area contributed by atoms with Gasteiger partial charge in [-0.05, 0) is 62.5 Å². The Hall–Kier alpha value is -1.84. The van der Waals surface area contributed by atoms with Gasteiger partial charge in [-0.1, -0.05) is 55.8 Å². The molecule has 3 rings (SSSR count). The maximum atomic E-state index is 11.9. The van der Waals surface area contributed by atoms with Crippen molar-refractivity contribution in [1.29, 1.82) is 0 Å². The number of benzene rings is 2. The average Bonchev–Trinajstić information content (AvgIpc) is 2.73. The van der Waals surface area contributed by atoms with E-state index in [0.717, 1.165) is 30.9 Å². The second-order valence-electron chi connectivity index (χ2n) is 7.56. The lowest BCUT2D eigenvalue weighted by molar-refractivity contribution is -0.0105. The van der Waals surface area contributed by atoms with Crippen LogP contribution < -0.4 is 4.74 Å². The zero-order valence-corrected chi connectivity index (χ0v) is 16.7. The van der Waals surface area contributed by atoms with E-state index in [0.29, 0.717) is 13.0 Å². The number of hydrogen-bond donors (Lipinski definition) is 1. The summed E-state index contributed by atoms with van der Waals surface area (Å²) in [5.41, 5.74) is 1.28. The molecule has 0 saturated carbocycles. The van der Waals surface area contributed by atoms with Gasteiger partial charge in [0, 0.05) is 12.5 Å². The molecule has 1 fully saturated rings. The highest BCUT2D eigenvalue weighted by atomic mass is 16.5. The van der Waals surface area contributed by atoms with Crippen molar-refractivity contribution in [2.24, 2.45) is 0 Å². The van der Waals surface area contributed by atoms with E-state index in [4.69, 9.17) is 4.74 Å². The normalized spacial score (nSPS) is 18.6. The van der Waals surface area contributed by atoms with Crippen LogP contribution in [0.1, 0.15) is 56.6 Å². The maximum Gasteiger partial charge on any atom is 0.119 e. The van der Waals surface area contributed by atoms with Crippen molar-refractivity contribution in [2.45, 2.75) is 51.0 Å². The zero-order valence-electron chi connectivity index (χ0n) is 16.7. The molecule has 0 unspecified atom stereocenters. The Morgan fingerprint density at radius 3 is 2.22 bits per heavy atom. The van der Waals surface area contributed by atoms with Crippen LogP contribution in [0.4, 0.5) is 0 Å². The van der Waals surface area contributed by atoms with Gasteiger partial charge in [0.15, 0.2) is 0 Å². The molecule has 1 aliphatic rings. The van der Waals surface area contributed by atoms with Crippen LogP contribution in [0.15, 0.2) is 54.6 Å². The first-order chi connectivity index (χ1) is 13.2. The molecule has 0 bridgehead atoms. The highest BCUT2D eigenvalue weighted by molar-refractivity contribution is 5.35. The second kappa shape index (κ2) is 9.38. The highest BCUT2D eigenvalue weighted by Crippen LogP contribution is 2.41. The fraction of sp³-hybridized carbons (Fsp3) is 0.500. The molecule has 0 spiro atoms. The Bertz CT molecular complexity index is 679. The summed E-state index contributed by atoms with van der Waals surface area (Å²) >= 11 is 0. The molecule has 0 aliphatic carbocycles. The number of hydrogen-bond acceptors (Lipinski definition) is 3. The monoisotopic (exact) mass is 367 g/mol. The molecule has 2 aromatic rings. The average molecular weight is 368 g/mol. The predicted molar refractivity (Wildman–Crippen MR) is 111 cm³/mol. The van der Waals surface area contributed by atoms with Crippen LogP contribution >= 0.6 is 0 Å². The zero-order chi connectivity index (χ0) is 19.1. The largest absolute Gasteiger partial charge is 0.494 e. The SMILES string of the molecule is CCOc1ccc([C@](O)(CC)[C@H](CN2CCCCC2)c2ccccc2)cc1.